The first kappa shape index (κ1) is 32.3. The molecule has 214 valence electrons. The summed E-state index contributed by atoms with van der Waals surface area (Å²) in [4.78, 5) is 11.3. The molecule has 1 unspecified atom stereocenters. The van der Waals surface area contributed by atoms with E-state index >= 15 is 0 Å². The highest BCUT2D eigenvalue weighted by Crippen LogP contribution is 2.31. The Morgan fingerprint density at radius 1 is 1.18 bits per heavy atom. The van der Waals surface area contributed by atoms with Crippen molar-refractivity contribution in [1.82, 2.24) is 0 Å². The maximum Gasteiger partial charge on any atom is 0.422 e. The Balaban J connectivity index is 2.02. The van der Waals surface area contributed by atoms with Gasteiger partial charge in [0.25, 0.3) is 0 Å². The van der Waals surface area contributed by atoms with Crippen LogP contribution in [0.1, 0.15) is 18.9 Å². The third-order valence-electron chi connectivity index (χ3n) is 4.88. The topological polar surface area (TPSA) is 74.2 Å². The van der Waals surface area contributed by atoms with Crippen molar-refractivity contribution >= 4 is 21.9 Å². The van der Waals surface area contributed by atoms with Crippen LogP contribution < -0.4 is 4.74 Å². The van der Waals surface area contributed by atoms with Gasteiger partial charge in [-0.3, -0.25) is 0 Å². The SMILES string of the molecule is CCO[C@@H](Cc1ccc(OC/C=C/C#CC2(OCC(F)(F)F)C=CC=C(OCC(F)(F)F)C2)c(Br)c1)C(=O)O. The number of ether oxygens (including phenoxy) is 4. The summed E-state index contributed by atoms with van der Waals surface area (Å²) in [7, 11) is 0. The van der Waals surface area contributed by atoms with Gasteiger partial charge in [0.2, 0.25) is 0 Å². The highest BCUT2D eigenvalue weighted by atomic mass is 79.9. The third-order valence-corrected chi connectivity index (χ3v) is 5.50. The second kappa shape index (κ2) is 14.4. The van der Waals surface area contributed by atoms with Gasteiger partial charge in [0, 0.05) is 19.4 Å². The fourth-order valence-corrected chi connectivity index (χ4v) is 3.76. The number of carbonyl (C=O) groups is 1. The molecule has 2 atom stereocenters. The predicted molar refractivity (Wildman–Crippen MR) is 132 cm³/mol. The summed E-state index contributed by atoms with van der Waals surface area (Å²) in [6.45, 7) is -1.29. The van der Waals surface area contributed by atoms with Crippen LogP contribution in [0.25, 0.3) is 0 Å². The molecule has 1 N–H and O–H groups in total. The van der Waals surface area contributed by atoms with Gasteiger partial charge < -0.3 is 24.1 Å². The predicted octanol–water partition coefficient (Wildman–Crippen LogP) is 6.16. The highest BCUT2D eigenvalue weighted by Gasteiger charge is 2.37. The van der Waals surface area contributed by atoms with E-state index in [0.29, 0.717) is 15.8 Å². The number of rotatable bonds is 12. The second-order valence-corrected chi connectivity index (χ2v) is 8.95. The number of allylic oxidation sites excluding steroid dienone is 3. The van der Waals surface area contributed by atoms with Crippen LogP contribution in [0.5, 0.6) is 5.75 Å². The minimum Gasteiger partial charge on any atom is -0.488 e. The van der Waals surface area contributed by atoms with Crippen LogP contribution in [0.3, 0.4) is 0 Å². The van der Waals surface area contributed by atoms with Crippen LogP contribution in [0.15, 0.2) is 58.8 Å². The summed E-state index contributed by atoms with van der Waals surface area (Å²) in [5.74, 6) is 4.20. The molecule has 0 aliphatic heterocycles. The molecular weight excluding hydrogens is 602 g/mol. The molecule has 0 heterocycles. The molecular formula is C26H25BrF6O6. The Labute approximate surface area is 229 Å². The van der Waals surface area contributed by atoms with Crippen molar-refractivity contribution in [1.29, 1.82) is 0 Å². The molecule has 0 fully saturated rings. The van der Waals surface area contributed by atoms with E-state index in [-0.39, 0.29) is 25.4 Å². The first-order chi connectivity index (χ1) is 18.2. The monoisotopic (exact) mass is 626 g/mol. The fourth-order valence-electron chi connectivity index (χ4n) is 3.22. The minimum atomic E-state index is -4.68. The molecule has 6 nitrogen and oxygen atoms in total. The van der Waals surface area contributed by atoms with Crippen LogP contribution in [-0.4, -0.2) is 61.6 Å². The molecule has 1 aliphatic carbocycles. The lowest BCUT2D eigenvalue weighted by atomic mass is 9.94. The number of halogens is 7. The Morgan fingerprint density at radius 3 is 2.51 bits per heavy atom. The van der Waals surface area contributed by atoms with Crippen LogP contribution in [-0.2, 0) is 25.4 Å². The van der Waals surface area contributed by atoms with E-state index in [1.807, 2.05) is 0 Å². The van der Waals surface area contributed by atoms with Crippen LogP contribution in [0, 0.1) is 11.8 Å². The zero-order valence-corrected chi connectivity index (χ0v) is 22.2. The average molecular weight is 627 g/mol. The zero-order valence-electron chi connectivity index (χ0n) is 20.6. The number of hydrogen-bond acceptors (Lipinski definition) is 5. The number of carboxylic acid groups (broad SMARTS) is 1. The number of hydrogen-bond donors (Lipinski definition) is 1. The van der Waals surface area contributed by atoms with Crippen molar-refractivity contribution in [3.8, 4) is 17.6 Å². The lowest BCUT2D eigenvalue weighted by molar-refractivity contribution is -0.191. The van der Waals surface area contributed by atoms with E-state index < -0.39 is 49.7 Å². The first-order valence-corrected chi connectivity index (χ1v) is 12.2. The molecule has 1 aromatic rings. The van der Waals surface area contributed by atoms with Crippen molar-refractivity contribution < 1.29 is 55.2 Å². The molecule has 1 aromatic carbocycles. The zero-order chi connectivity index (χ0) is 29.1. The summed E-state index contributed by atoms with van der Waals surface area (Å²) in [6, 6.07) is 5.00. The van der Waals surface area contributed by atoms with Gasteiger partial charge in [-0.25, -0.2) is 4.79 Å². The summed E-state index contributed by atoms with van der Waals surface area (Å²) in [5, 5.41) is 9.22. The van der Waals surface area contributed by atoms with E-state index in [9.17, 15) is 36.2 Å². The second-order valence-electron chi connectivity index (χ2n) is 8.10. The molecule has 0 saturated heterocycles. The lowest BCUT2D eigenvalue weighted by Gasteiger charge is -2.29. The third kappa shape index (κ3) is 12.2. The van der Waals surface area contributed by atoms with E-state index in [2.05, 4.69) is 32.5 Å². The summed E-state index contributed by atoms with van der Waals surface area (Å²) < 4.78 is 96.7. The van der Waals surface area contributed by atoms with Crippen LogP contribution >= 0.6 is 15.9 Å². The largest absolute Gasteiger partial charge is 0.488 e. The van der Waals surface area contributed by atoms with Crippen molar-refractivity contribution in [2.75, 3.05) is 26.4 Å². The van der Waals surface area contributed by atoms with Crippen molar-refractivity contribution in [2.45, 2.75) is 43.8 Å². The number of alkyl halides is 6. The van der Waals surface area contributed by atoms with Crippen molar-refractivity contribution in [2.24, 2.45) is 0 Å². The Hall–Kier alpha value is -2.95. The maximum atomic E-state index is 12.8. The minimum absolute atomic E-state index is 0.0232. The molecule has 0 aromatic heterocycles. The molecule has 2 rings (SSSR count). The lowest BCUT2D eigenvalue weighted by Crippen LogP contribution is -2.35. The molecule has 0 saturated carbocycles. The van der Waals surface area contributed by atoms with Gasteiger partial charge in [0.1, 0.15) is 24.7 Å². The summed E-state index contributed by atoms with van der Waals surface area (Å²) in [5.41, 5.74) is -1.14. The van der Waals surface area contributed by atoms with Crippen molar-refractivity contribution in [3.63, 3.8) is 0 Å². The maximum absolute atomic E-state index is 12.8. The summed E-state index contributed by atoms with van der Waals surface area (Å²) in [6.07, 6.45) is -4.15. The smallest absolute Gasteiger partial charge is 0.422 e. The van der Waals surface area contributed by atoms with Crippen LogP contribution in [0.2, 0.25) is 0 Å². The van der Waals surface area contributed by atoms with E-state index in [4.69, 9.17) is 14.2 Å². The van der Waals surface area contributed by atoms with E-state index in [1.54, 1.807) is 25.1 Å². The Morgan fingerprint density at radius 2 is 1.90 bits per heavy atom. The van der Waals surface area contributed by atoms with Gasteiger partial charge in [-0.05, 0) is 64.9 Å². The molecule has 13 heteroatoms. The normalized spacial score (nSPS) is 18.3. The summed E-state index contributed by atoms with van der Waals surface area (Å²) >= 11 is 3.35. The first-order valence-electron chi connectivity index (χ1n) is 11.4. The Kier molecular flexibility index (Phi) is 11.9. The van der Waals surface area contributed by atoms with Gasteiger partial charge in [0.05, 0.1) is 4.47 Å². The molecule has 39 heavy (non-hydrogen) atoms. The number of aliphatic carboxylic acids is 1. The molecule has 1 aliphatic rings. The van der Waals surface area contributed by atoms with E-state index in [1.165, 1.54) is 30.4 Å². The van der Waals surface area contributed by atoms with Crippen molar-refractivity contribution in [3.05, 3.63) is 64.4 Å². The molecule has 0 bridgehead atoms. The van der Waals surface area contributed by atoms with Gasteiger partial charge in [0.15, 0.2) is 18.3 Å². The van der Waals surface area contributed by atoms with Gasteiger partial charge in [-0.2, -0.15) is 26.3 Å². The van der Waals surface area contributed by atoms with Gasteiger partial charge in [-0.15, -0.1) is 0 Å². The standard InChI is InChI=1S/C26H25BrF6O6/c1-2-36-22(23(34)35)14-18-8-9-21(20(27)13-18)37-12-5-3-4-10-24(39-17-26(31,32)33)11-6-7-19(15-24)38-16-25(28,29)30/h3,5-9,11,13,22H,2,12,14-17H2,1H3,(H,34,35)/b5-3+/t22-,24?/m0/s1. The molecule has 0 spiro atoms. The van der Waals surface area contributed by atoms with Gasteiger partial charge >= 0.3 is 18.3 Å². The average Bonchev–Trinajstić information content (AvgIpc) is 2.84. The fraction of sp³-hybridized carbons (Fsp3) is 0.423. The highest BCUT2D eigenvalue weighted by molar-refractivity contribution is 9.10. The molecule has 0 amide bonds. The van der Waals surface area contributed by atoms with E-state index in [0.717, 1.165) is 0 Å². The Bertz CT molecular complexity index is 1130. The van der Waals surface area contributed by atoms with Crippen LogP contribution in [0.4, 0.5) is 26.3 Å². The molecule has 0 radical (unpaired) electrons. The van der Waals surface area contributed by atoms with Gasteiger partial charge in [-0.1, -0.05) is 24.0 Å². The quantitative estimate of drug-likeness (QED) is 0.221. The number of benzene rings is 1. The number of carboxylic acids is 1.